The topological polar surface area (TPSA) is 237 Å². The van der Waals surface area contributed by atoms with E-state index in [0.717, 1.165) is 108 Å². The van der Waals surface area contributed by atoms with Crippen molar-refractivity contribution in [3.63, 3.8) is 0 Å². The molecule has 0 aromatic heterocycles. The van der Waals surface area contributed by atoms with E-state index >= 15 is 0 Å². The zero-order valence-electron chi connectivity index (χ0n) is 57.3. The molecule has 0 bridgehead atoms. The number of ether oxygens (including phenoxy) is 4. The normalized spacial score (nSPS) is 14.3. The molecule has 17 nitrogen and oxygen atoms in total. The SMILES string of the molecule is CC(C)CCCCCCCCCCCCCC(=O)O[C@H](COC(=O)CCCCCCCCCCCCC(C)C)COP(=O)(O)OCC(O)COP(=O)(O)OC[C@@H](COC(=O)CCCCCCCCCCC(C)C)OC(=O)CCCCCCCCCC(C)C. The smallest absolute Gasteiger partial charge is 0.462 e. The molecule has 3 unspecified atom stereocenters. The first-order valence-electron chi connectivity index (χ1n) is 35.7. The molecule has 0 amide bonds. The molecule has 5 atom stereocenters. The van der Waals surface area contributed by atoms with E-state index in [4.69, 9.17) is 37.0 Å². The third-order valence-corrected chi connectivity index (χ3v) is 17.7. The third kappa shape index (κ3) is 62.8. The number of hydrogen-bond acceptors (Lipinski definition) is 15. The average Bonchev–Trinajstić information content (AvgIpc) is 3.56. The second-order valence-corrected chi connectivity index (χ2v) is 29.7. The van der Waals surface area contributed by atoms with E-state index in [2.05, 4.69) is 55.4 Å². The summed E-state index contributed by atoms with van der Waals surface area (Å²) in [7, 11) is -9.90. The summed E-state index contributed by atoms with van der Waals surface area (Å²) >= 11 is 0. The van der Waals surface area contributed by atoms with Crippen LogP contribution >= 0.6 is 15.6 Å². The Morgan fingerprint density at radius 3 is 0.705 bits per heavy atom. The molecule has 88 heavy (non-hydrogen) atoms. The number of rotatable bonds is 66. The molecule has 3 N–H and O–H groups in total. The highest BCUT2D eigenvalue weighted by atomic mass is 31.2. The molecule has 0 aliphatic carbocycles. The lowest BCUT2D eigenvalue weighted by Gasteiger charge is -2.21. The van der Waals surface area contributed by atoms with Crippen molar-refractivity contribution in [3.8, 4) is 0 Å². The van der Waals surface area contributed by atoms with Gasteiger partial charge in [-0.15, -0.1) is 0 Å². The van der Waals surface area contributed by atoms with Gasteiger partial charge in [0, 0.05) is 25.7 Å². The first-order valence-corrected chi connectivity index (χ1v) is 38.7. The molecule has 0 aromatic carbocycles. The molecule has 0 fully saturated rings. The summed E-state index contributed by atoms with van der Waals surface area (Å²) in [5.41, 5.74) is 0. The van der Waals surface area contributed by atoms with E-state index in [9.17, 15) is 43.2 Å². The van der Waals surface area contributed by atoms with Crippen molar-refractivity contribution in [1.29, 1.82) is 0 Å². The van der Waals surface area contributed by atoms with Crippen LogP contribution < -0.4 is 0 Å². The fraction of sp³-hybridized carbons (Fsp3) is 0.942. The highest BCUT2D eigenvalue weighted by molar-refractivity contribution is 7.47. The second-order valence-electron chi connectivity index (χ2n) is 26.8. The molecular weight excluding hydrogens is 1160 g/mol. The van der Waals surface area contributed by atoms with Gasteiger partial charge in [0.2, 0.25) is 0 Å². The quantitative estimate of drug-likeness (QED) is 0.0222. The lowest BCUT2D eigenvalue weighted by atomic mass is 10.0. The van der Waals surface area contributed by atoms with Crippen LogP contribution in [-0.4, -0.2) is 96.7 Å². The largest absolute Gasteiger partial charge is 0.472 e. The van der Waals surface area contributed by atoms with Crippen LogP contribution in [0.15, 0.2) is 0 Å². The van der Waals surface area contributed by atoms with E-state index in [-0.39, 0.29) is 25.7 Å². The Hall–Kier alpha value is -1.94. The zero-order valence-corrected chi connectivity index (χ0v) is 59.1. The van der Waals surface area contributed by atoms with Crippen molar-refractivity contribution >= 4 is 39.5 Å². The first kappa shape index (κ1) is 86.1. The van der Waals surface area contributed by atoms with Crippen molar-refractivity contribution in [2.75, 3.05) is 39.6 Å². The maximum Gasteiger partial charge on any atom is 0.472 e. The summed E-state index contributed by atoms with van der Waals surface area (Å²) in [6.45, 7) is 14.0. The average molecular weight is 1300 g/mol. The predicted octanol–water partition coefficient (Wildman–Crippen LogP) is 19.3. The minimum absolute atomic E-state index is 0.102. The van der Waals surface area contributed by atoms with Gasteiger partial charge in [-0.1, -0.05) is 287 Å². The molecule has 522 valence electrons. The van der Waals surface area contributed by atoms with Crippen LogP contribution in [0.2, 0.25) is 0 Å². The van der Waals surface area contributed by atoms with Crippen LogP contribution in [0, 0.1) is 23.7 Å². The van der Waals surface area contributed by atoms with Gasteiger partial charge in [-0.25, -0.2) is 9.13 Å². The highest BCUT2D eigenvalue weighted by Crippen LogP contribution is 2.45. The van der Waals surface area contributed by atoms with Crippen molar-refractivity contribution < 1.29 is 80.2 Å². The number of aliphatic hydroxyl groups excluding tert-OH is 1. The number of hydrogen-bond donors (Lipinski definition) is 3. The standard InChI is InChI=1S/C69H134O17P2/c1-59(2)45-37-29-21-14-10-9-11-17-27-35-43-51-68(73)85-64(55-79-66(71)49-41-33-25-16-13-12-15-22-30-38-46-60(3)4)57-83-87(75,76)81-53-63(70)54-82-88(77,78)84-58-65(86-69(74)52-44-36-28-20-24-32-40-48-62(7)8)56-80-67(72)50-42-34-26-19-18-23-31-39-47-61(5)6/h59-65,70H,9-58H2,1-8H3,(H,75,76)(H,77,78)/t63?,64-,65-/m1/s1. The molecule has 0 aliphatic heterocycles. The van der Waals surface area contributed by atoms with E-state index in [1.165, 1.54) is 141 Å². The van der Waals surface area contributed by atoms with Gasteiger partial charge in [-0.05, 0) is 49.4 Å². The van der Waals surface area contributed by atoms with Crippen molar-refractivity contribution in [2.24, 2.45) is 23.7 Å². The Labute approximate surface area is 537 Å². The third-order valence-electron chi connectivity index (χ3n) is 15.8. The molecule has 0 aromatic rings. The molecular formula is C69H134O17P2. The Bertz CT molecular complexity index is 1750. The lowest BCUT2D eigenvalue weighted by Crippen LogP contribution is -2.30. The Morgan fingerprint density at radius 1 is 0.284 bits per heavy atom. The number of esters is 4. The number of phosphoric ester groups is 2. The monoisotopic (exact) mass is 1300 g/mol. The van der Waals surface area contributed by atoms with Crippen molar-refractivity contribution in [3.05, 3.63) is 0 Å². The Morgan fingerprint density at radius 2 is 0.477 bits per heavy atom. The van der Waals surface area contributed by atoms with E-state index < -0.39 is 97.5 Å². The first-order chi connectivity index (χ1) is 42.1. The van der Waals surface area contributed by atoms with Crippen LogP contribution in [0.1, 0.15) is 338 Å². The van der Waals surface area contributed by atoms with Gasteiger partial charge in [-0.3, -0.25) is 37.3 Å². The van der Waals surface area contributed by atoms with Gasteiger partial charge in [0.25, 0.3) is 0 Å². The van der Waals surface area contributed by atoms with E-state index in [0.29, 0.717) is 31.6 Å². The maximum atomic E-state index is 13.0. The predicted molar refractivity (Wildman–Crippen MR) is 354 cm³/mol. The van der Waals surface area contributed by atoms with Crippen LogP contribution in [0.25, 0.3) is 0 Å². The number of phosphoric acid groups is 2. The number of aliphatic hydroxyl groups is 1. The number of carbonyl (C=O) groups excluding carboxylic acids is 4. The van der Waals surface area contributed by atoms with Crippen LogP contribution in [0.4, 0.5) is 0 Å². The minimum atomic E-state index is -4.95. The van der Waals surface area contributed by atoms with Gasteiger partial charge in [0.1, 0.15) is 19.3 Å². The summed E-state index contributed by atoms with van der Waals surface area (Å²) < 4.78 is 68.2. The molecule has 0 saturated heterocycles. The maximum absolute atomic E-state index is 13.0. The summed E-state index contributed by atoms with van der Waals surface area (Å²) in [5, 5.41) is 10.6. The molecule has 19 heteroatoms. The van der Waals surface area contributed by atoms with Crippen LogP contribution in [-0.2, 0) is 65.4 Å². The Kier molecular flexibility index (Phi) is 57.6. The van der Waals surface area contributed by atoms with Crippen LogP contribution in [0.5, 0.6) is 0 Å². The van der Waals surface area contributed by atoms with E-state index in [1.54, 1.807) is 0 Å². The van der Waals surface area contributed by atoms with Crippen LogP contribution in [0.3, 0.4) is 0 Å². The Balaban J connectivity index is 5.26. The van der Waals surface area contributed by atoms with Gasteiger partial charge in [0.05, 0.1) is 26.4 Å². The van der Waals surface area contributed by atoms with Crippen molar-refractivity contribution in [1.82, 2.24) is 0 Å². The summed E-state index contributed by atoms with van der Waals surface area (Å²) in [6, 6.07) is 0. The lowest BCUT2D eigenvalue weighted by molar-refractivity contribution is -0.161. The van der Waals surface area contributed by atoms with Gasteiger partial charge >= 0.3 is 39.5 Å². The summed E-state index contributed by atoms with van der Waals surface area (Å²) in [6.07, 6.45) is 40.4. The van der Waals surface area contributed by atoms with Gasteiger partial charge in [0.15, 0.2) is 12.2 Å². The summed E-state index contributed by atoms with van der Waals surface area (Å²) in [4.78, 5) is 72.5. The fourth-order valence-corrected chi connectivity index (χ4v) is 11.9. The molecule has 0 radical (unpaired) electrons. The molecule has 0 heterocycles. The molecule has 0 saturated carbocycles. The summed E-state index contributed by atoms with van der Waals surface area (Å²) in [5.74, 6) is 0.813. The number of carbonyl (C=O) groups is 4. The fourth-order valence-electron chi connectivity index (χ4n) is 10.3. The second kappa shape index (κ2) is 58.8. The number of unbranched alkanes of at least 4 members (excludes halogenated alkanes) is 32. The van der Waals surface area contributed by atoms with Crippen molar-refractivity contribution in [2.45, 2.75) is 356 Å². The molecule has 0 spiro atoms. The minimum Gasteiger partial charge on any atom is -0.462 e. The van der Waals surface area contributed by atoms with Gasteiger partial charge in [-0.2, -0.15) is 0 Å². The molecule has 0 rings (SSSR count). The van der Waals surface area contributed by atoms with Gasteiger partial charge < -0.3 is 33.8 Å². The highest BCUT2D eigenvalue weighted by Gasteiger charge is 2.30. The van der Waals surface area contributed by atoms with E-state index in [1.807, 2.05) is 0 Å². The zero-order chi connectivity index (χ0) is 65.4. The molecule has 0 aliphatic rings.